The molecular weight excluding hydrogens is 496 g/mol. The molecule has 9 heteroatoms. The minimum Gasteiger partial charge on any atom is -0.444 e. The summed E-state index contributed by atoms with van der Waals surface area (Å²) in [4.78, 5) is 45.3. The molecule has 9 nitrogen and oxygen atoms in total. The molecule has 0 unspecified atom stereocenters. The molecule has 1 aromatic heterocycles. The molecule has 1 saturated heterocycles. The molecule has 0 aliphatic carbocycles. The highest BCUT2D eigenvalue weighted by Gasteiger charge is 2.41. The second-order valence-electron chi connectivity index (χ2n) is 12.4. The first kappa shape index (κ1) is 28.8. The first-order valence-corrected chi connectivity index (χ1v) is 13.6. The first-order valence-electron chi connectivity index (χ1n) is 13.6. The average Bonchev–Trinajstić information content (AvgIpc) is 3.10. The van der Waals surface area contributed by atoms with Crippen molar-refractivity contribution in [2.24, 2.45) is 0 Å². The Kier molecular flexibility index (Phi) is 8.23. The van der Waals surface area contributed by atoms with E-state index in [0.717, 1.165) is 16.8 Å². The van der Waals surface area contributed by atoms with Crippen molar-refractivity contribution < 1.29 is 19.1 Å². The lowest BCUT2D eigenvalue weighted by atomic mass is 9.87. The molecular formula is C30H42N4O5. The monoisotopic (exact) mass is 538 g/mol. The van der Waals surface area contributed by atoms with E-state index in [1.807, 2.05) is 69.1 Å². The molecule has 4 rings (SSSR count). The van der Waals surface area contributed by atoms with Crippen LogP contribution in [0.3, 0.4) is 0 Å². The van der Waals surface area contributed by atoms with E-state index >= 15 is 0 Å². The highest BCUT2D eigenvalue weighted by molar-refractivity contribution is 5.97. The van der Waals surface area contributed by atoms with Gasteiger partial charge in [0.15, 0.2) is 0 Å². The van der Waals surface area contributed by atoms with Crippen molar-refractivity contribution in [1.29, 1.82) is 0 Å². The number of hydrogen-bond donors (Lipinski definition) is 0. The zero-order valence-corrected chi connectivity index (χ0v) is 24.3. The van der Waals surface area contributed by atoms with Gasteiger partial charge in [-0.15, -0.1) is 0 Å². The van der Waals surface area contributed by atoms with Crippen LogP contribution in [-0.2, 0) is 26.2 Å². The van der Waals surface area contributed by atoms with Crippen molar-refractivity contribution in [1.82, 2.24) is 14.4 Å². The molecule has 2 aliphatic heterocycles. The number of rotatable bonds is 6. The van der Waals surface area contributed by atoms with Crippen molar-refractivity contribution in [2.75, 3.05) is 44.8 Å². The van der Waals surface area contributed by atoms with Crippen molar-refractivity contribution in [2.45, 2.75) is 71.2 Å². The van der Waals surface area contributed by atoms with E-state index < -0.39 is 5.60 Å². The molecule has 0 N–H and O–H groups in total. The van der Waals surface area contributed by atoms with E-state index in [1.165, 1.54) is 0 Å². The number of hydrogen-bond acceptors (Lipinski definition) is 6. The third-order valence-electron chi connectivity index (χ3n) is 7.46. The fourth-order valence-corrected chi connectivity index (χ4v) is 5.50. The quantitative estimate of drug-likeness (QED) is 0.560. The topological polar surface area (TPSA) is 84.3 Å². The van der Waals surface area contributed by atoms with Crippen LogP contribution in [0.15, 0.2) is 47.4 Å². The van der Waals surface area contributed by atoms with E-state index in [2.05, 4.69) is 18.7 Å². The summed E-state index contributed by atoms with van der Waals surface area (Å²) in [6, 6.07) is 11.2. The maximum atomic E-state index is 13.8. The SMILES string of the molecule is COC[C@H]1CN(C(=O)OC(C)(C)C)[C@H](C)CN1CC(=O)N1CC(C)(C)c2cc(=O)n(Cc3ccccc3)cc21. The molecule has 2 aromatic rings. The minimum absolute atomic E-state index is 0.0363. The van der Waals surface area contributed by atoms with Gasteiger partial charge in [0.2, 0.25) is 5.91 Å². The van der Waals surface area contributed by atoms with Crippen molar-refractivity contribution >= 4 is 17.7 Å². The van der Waals surface area contributed by atoms with Gasteiger partial charge in [-0.25, -0.2) is 4.79 Å². The maximum absolute atomic E-state index is 13.8. The Labute approximate surface area is 231 Å². The second-order valence-corrected chi connectivity index (χ2v) is 12.4. The van der Waals surface area contributed by atoms with Crippen molar-refractivity contribution in [3.05, 3.63) is 64.1 Å². The summed E-state index contributed by atoms with van der Waals surface area (Å²) in [5.41, 5.74) is 1.69. The van der Waals surface area contributed by atoms with Crippen LogP contribution in [0.5, 0.6) is 0 Å². The highest BCUT2D eigenvalue weighted by Crippen LogP contribution is 2.39. The molecule has 0 bridgehead atoms. The van der Waals surface area contributed by atoms with Gasteiger partial charge in [-0.05, 0) is 38.8 Å². The number of aromatic nitrogens is 1. The molecule has 2 atom stereocenters. The van der Waals surface area contributed by atoms with E-state index in [9.17, 15) is 14.4 Å². The second kappa shape index (κ2) is 11.1. The number of anilines is 1. The Morgan fingerprint density at radius 1 is 1.10 bits per heavy atom. The van der Waals surface area contributed by atoms with E-state index in [4.69, 9.17) is 9.47 Å². The van der Waals surface area contributed by atoms with Crippen LogP contribution in [-0.4, -0.2) is 83.9 Å². The predicted octanol–water partition coefficient (Wildman–Crippen LogP) is 3.48. The molecule has 39 heavy (non-hydrogen) atoms. The lowest BCUT2D eigenvalue weighted by molar-refractivity contribution is -0.121. The van der Waals surface area contributed by atoms with E-state index in [0.29, 0.717) is 32.8 Å². The maximum Gasteiger partial charge on any atom is 0.410 e. The van der Waals surface area contributed by atoms with Gasteiger partial charge in [-0.1, -0.05) is 44.2 Å². The summed E-state index contributed by atoms with van der Waals surface area (Å²) in [6.45, 7) is 14.1. The average molecular weight is 539 g/mol. The van der Waals surface area contributed by atoms with Crippen LogP contribution >= 0.6 is 0 Å². The lowest BCUT2D eigenvalue weighted by Gasteiger charge is -2.45. The number of fused-ring (bicyclic) bond motifs is 1. The van der Waals surface area contributed by atoms with Crippen LogP contribution in [0, 0.1) is 0 Å². The van der Waals surface area contributed by atoms with Gasteiger partial charge >= 0.3 is 6.09 Å². The molecule has 3 heterocycles. The van der Waals surface area contributed by atoms with E-state index in [1.54, 1.807) is 22.6 Å². The summed E-state index contributed by atoms with van der Waals surface area (Å²) < 4.78 is 12.8. The fraction of sp³-hybridized carbons (Fsp3) is 0.567. The summed E-state index contributed by atoms with van der Waals surface area (Å²) in [5, 5.41) is 0. The number of benzene rings is 1. The molecule has 2 amide bonds. The standard InChI is InChI=1S/C30H42N4O5/c1-21-14-31(23(19-38-7)16-33(21)28(37)39-29(2,3)4)18-27(36)34-20-30(5,6)24-13-26(35)32(17-25(24)34)15-22-11-9-8-10-12-22/h8-13,17,21,23H,14-16,18-20H2,1-7H3/t21-,23-/m1/s1. The Morgan fingerprint density at radius 2 is 1.79 bits per heavy atom. The Hall–Kier alpha value is -3.17. The number of piperazine rings is 1. The first-order chi connectivity index (χ1) is 18.3. The lowest BCUT2D eigenvalue weighted by Crippen LogP contribution is -2.62. The predicted molar refractivity (Wildman–Crippen MR) is 151 cm³/mol. The molecule has 212 valence electrons. The highest BCUT2D eigenvalue weighted by atomic mass is 16.6. The Morgan fingerprint density at radius 3 is 2.44 bits per heavy atom. The summed E-state index contributed by atoms with van der Waals surface area (Å²) in [5.74, 6) is -0.0363. The van der Waals surface area contributed by atoms with Crippen LogP contribution < -0.4 is 10.5 Å². The largest absolute Gasteiger partial charge is 0.444 e. The Bertz CT molecular complexity index is 1250. The minimum atomic E-state index is -0.585. The van der Waals surface area contributed by atoms with Gasteiger partial charge in [-0.3, -0.25) is 14.5 Å². The number of methoxy groups -OCH3 is 1. The fourth-order valence-electron chi connectivity index (χ4n) is 5.50. The van der Waals surface area contributed by atoms with Crippen LogP contribution in [0.4, 0.5) is 10.5 Å². The number of carbonyl (C=O) groups excluding carboxylic acids is 2. The zero-order valence-electron chi connectivity index (χ0n) is 24.3. The van der Waals surface area contributed by atoms with Crippen LogP contribution in [0.1, 0.15) is 52.7 Å². The van der Waals surface area contributed by atoms with Gasteiger partial charge in [0.05, 0.1) is 31.4 Å². The van der Waals surface area contributed by atoms with Gasteiger partial charge in [0, 0.05) is 50.5 Å². The molecule has 0 saturated carbocycles. The van der Waals surface area contributed by atoms with Gasteiger partial charge in [-0.2, -0.15) is 0 Å². The van der Waals surface area contributed by atoms with Crippen LogP contribution in [0.2, 0.25) is 0 Å². The van der Waals surface area contributed by atoms with Crippen molar-refractivity contribution in [3.63, 3.8) is 0 Å². The molecule has 0 radical (unpaired) electrons. The van der Waals surface area contributed by atoms with Gasteiger partial charge in [0.1, 0.15) is 5.60 Å². The summed E-state index contributed by atoms with van der Waals surface area (Å²) in [6.07, 6.45) is 1.47. The Balaban J connectivity index is 1.54. The zero-order chi connectivity index (χ0) is 28.5. The normalized spacial score (nSPS) is 21.1. The summed E-state index contributed by atoms with van der Waals surface area (Å²) >= 11 is 0. The van der Waals surface area contributed by atoms with Gasteiger partial charge < -0.3 is 23.8 Å². The number of amides is 2. The molecule has 1 aromatic carbocycles. The third-order valence-corrected chi connectivity index (χ3v) is 7.46. The van der Waals surface area contributed by atoms with Crippen molar-refractivity contribution in [3.8, 4) is 0 Å². The molecule has 2 aliphatic rings. The third kappa shape index (κ3) is 6.53. The van der Waals surface area contributed by atoms with E-state index in [-0.39, 0.29) is 41.6 Å². The van der Waals surface area contributed by atoms with Crippen LogP contribution in [0.25, 0.3) is 0 Å². The smallest absolute Gasteiger partial charge is 0.410 e. The summed E-state index contributed by atoms with van der Waals surface area (Å²) in [7, 11) is 1.63. The number of carbonyl (C=O) groups is 2. The van der Waals surface area contributed by atoms with Gasteiger partial charge in [0.25, 0.3) is 5.56 Å². The number of nitrogens with zero attached hydrogens (tertiary/aromatic N) is 4. The molecule has 1 fully saturated rings. The molecule has 0 spiro atoms. The number of pyridine rings is 1. The number of ether oxygens (including phenoxy) is 2.